The Morgan fingerprint density at radius 1 is 1.18 bits per heavy atom. The quantitative estimate of drug-likeness (QED) is 0.653. The molecule has 1 aromatic rings. The molecule has 2 heterocycles. The number of carbonyl (C=O) groups excluding carboxylic acids is 3. The Kier molecular flexibility index (Phi) is 5.99. The molecule has 33 heavy (non-hydrogen) atoms. The number of anilines is 1. The molecule has 0 aromatic heterocycles. The first-order valence-corrected chi connectivity index (χ1v) is 11.5. The number of esters is 1. The Labute approximate surface area is 193 Å². The van der Waals surface area contributed by atoms with Gasteiger partial charge in [0.2, 0.25) is 5.91 Å². The van der Waals surface area contributed by atoms with E-state index in [0.29, 0.717) is 38.0 Å². The number of fused-ring (bicyclic) bond motifs is 1. The minimum absolute atomic E-state index is 0.0172. The molecule has 2 fully saturated rings. The van der Waals surface area contributed by atoms with Crippen molar-refractivity contribution < 1.29 is 28.6 Å². The molecule has 2 N–H and O–H groups in total. The summed E-state index contributed by atoms with van der Waals surface area (Å²) in [7, 11) is 1.42. The smallest absolute Gasteiger partial charge is 0.328 e. The van der Waals surface area contributed by atoms with Gasteiger partial charge in [0, 0.05) is 26.2 Å². The molecule has 8 nitrogen and oxygen atoms in total. The maximum Gasteiger partial charge on any atom is 0.328 e. The van der Waals surface area contributed by atoms with Crippen molar-refractivity contribution in [3.05, 3.63) is 29.6 Å². The molecule has 3 amide bonds. The van der Waals surface area contributed by atoms with E-state index in [1.54, 1.807) is 13.8 Å². The van der Waals surface area contributed by atoms with Gasteiger partial charge in [0.1, 0.15) is 5.82 Å². The number of imide groups is 1. The number of ether oxygens (including phenoxy) is 1. The van der Waals surface area contributed by atoms with Gasteiger partial charge in [0.05, 0.1) is 29.2 Å². The number of piperidine rings is 1. The van der Waals surface area contributed by atoms with E-state index in [9.17, 15) is 23.9 Å². The third kappa shape index (κ3) is 4.12. The number of urea groups is 1. The molecule has 1 aliphatic carbocycles. The zero-order chi connectivity index (χ0) is 24.0. The van der Waals surface area contributed by atoms with Crippen LogP contribution in [0.1, 0.15) is 51.5 Å². The summed E-state index contributed by atoms with van der Waals surface area (Å²) >= 11 is 0. The number of methoxy groups -OCH3 is 1. The van der Waals surface area contributed by atoms with E-state index in [0.717, 1.165) is 24.2 Å². The summed E-state index contributed by atoms with van der Waals surface area (Å²) in [6, 6.07) is 3.32. The number of hydrogen-bond acceptors (Lipinski definition) is 6. The van der Waals surface area contributed by atoms with Gasteiger partial charge in [-0.05, 0) is 57.2 Å². The normalized spacial score (nSPS) is 22.9. The number of halogens is 1. The van der Waals surface area contributed by atoms with Crippen molar-refractivity contribution in [2.24, 2.45) is 5.41 Å². The fourth-order valence-electron chi connectivity index (χ4n) is 5.22. The van der Waals surface area contributed by atoms with E-state index in [1.165, 1.54) is 25.3 Å². The molecule has 0 radical (unpaired) electrons. The number of amides is 3. The van der Waals surface area contributed by atoms with Gasteiger partial charge >= 0.3 is 12.0 Å². The average Bonchev–Trinajstić information content (AvgIpc) is 2.95. The van der Waals surface area contributed by atoms with E-state index < -0.39 is 34.2 Å². The number of rotatable bonds is 5. The van der Waals surface area contributed by atoms with Gasteiger partial charge in [-0.3, -0.25) is 9.59 Å². The highest BCUT2D eigenvalue weighted by molar-refractivity contribution is 6.22. The van der Waals surface area contributed by atoms with Gasteiger partial charge in [-0.15, -0.1) is 0 Å². The highest BCUT2D eigenvalue weighted by Gasteiger charge is 2.49. The maximum atomic E-state index is 13.8. The van der Waals surface area contributed by atoms with Gasteiger partial charge in [-0.1, -0.05) is 12.5 Å². The summed E-state index contributed by atoms with van der Waals surface area (Å²) in [5, 5.41) is 13.7. The minimum atomic E-state index is -1.12. The summed E-state index contributed by atoms with van der Waals surface area (Å²) in [6.07, 6.45) is 3.50. The first kappa shape index (κ1) is 23.6. The fraction of sp³-hybridized carbons (Fsp3) is 0.625. The first-order valence-electron chi connectivity index (χ1n) is 11.5. The molecular formula is C24H32FN3O5. The van der Waals surface area contributed by atoms with Crippen LogP contribution in [0.15, 0.2) is 18.2 Å². The van der Waals surface area contributed by atoms with Crippen LogP contribution in [0.3, 0.4) is 0 Å². The first-order chi connectivity index (χ1) is 15.5. The molecule has 0 bridgehead atoms. The Morgan fingerprint density at radius 3 is 2.42 bits per heavy atom. The van der Waals surface area contributed by atoms with E-state index in [4.69, 9.17) is 4.74 Å². The van der Waals surface area contributed by atoms with Crippen molar-refractivity contribution >= 4 is 23.6 Å². The Hall–Kier alpha value is -2.52. The number of nitrogens with one attached hydrogen (secondary N) is 1. The van der Waals surface area contributed by atoms with E-state index in [2.05, 4.69) is 10.2 Å². The third-order valence-corrected chi connectivity index (χ3v) is 7.63. The van der Waals surface area contributed by atoms with Gasteiger partial charge < -0.3 is 20.1 Å². The number of likely N-dealkylation sites (tertiary alicyclic amines) is 1. The highest BCUT2D eigenvalue weighted by Crippen LogP contribution is 2.44. The summed E-state index contributed by atoms with van der Waals surface area (Å²) < 4.78 is 18.8. The van der Waals surface area contributed by atoms with Gasteiger partial charge in [-0.2, -0.15) is 0 Å². The molecule has 1 saturated carbocycles. The Balaban J connectivity index is 1.36. The van der Waals surface area contributed by atoms with E-state index in [1.807, 2.05) is 0 Å². The maximum absolute atomic E-state index is 13.8. The lowest BCUT2D eigenvalue weighted by Crippen LogP contribution is -2.56. The van der Waals surface area contributed by atoms with Crippen LogP contribution < -0.4 is 10.2 Å². The van der Waals surface area contributed by atoms with Gasteiger partial charge in [0.15, 0.2) is 0 Å². The predicted molar refractivity (Wildman–Crippen MR) is 119 cm³/mol. The molecule has 3 aliphatic rings. The van der Waals surface area contributed by atoms with E-state index >= 15 is 0 Å². The van der Waals surface area contributed by atoms with Gasteiger partial charge in [-0.25, -0.2) is 14.1 Å². The summed E-state index contributed by atoms with van der Waals surface area (Å²) in [5.74, 6) is -1.13. The molecule has 4 rings (SSSR count). The second kappa shape index (κ2) is 8.36. The molecule has 9 heteroatoms. The van der Waals surface area contributed by atoms with Crippen molar-refractivity contribution in [3.8, 4) is 0 Å². The van der Waals surface area contributed by atoms with Crippen molar-refractivity contribution in [3.63, 3.8) is 0 Å². The summed E-state index contributed by atoms with van der Waals surface area (Å²) in [5.41, 5.74) is -1.68. The van der Waals surface area contributed by atoms with E-state index in [-0.39, 0.29) is 18.2 Å². The lowest BCUT2D eigenvalue weighted by molar-refractivity contribution is -0.161. The molecule has 0 spiro atoms. The lowest BCUT2D eigenvalue weighted by atomic mass is 9.68. The van der Waals surface area contributed by atoms with Crippen molar-refractivity contribution in [1.82, 2.24) is 10.2 Å². The van der Waals surface area contributed by atoms with Crippen LogP contribution in [0, 0.1) is 11.2 Å². The second-order valence-electron chi connectivity index (χ2n) is 10.2. The SMILES string of the molecule is COC(=O)C1(CN2CCC(O)(CNC(=O)N3C(=O)C(C)(C)c4ccc(F)cc43)CC2)CCC1. The number of nitrogens with zero attached hydrogens (tertiary/aromatic N) is 2. The van der Waals surface area contributed by atoms with Crippen LogP contribution in [0.4, 0.5) is 14.9 Å². The molecule has 0 unspecified atom stereocenters. The summed E-state index contributed by atoms with van der Waals surface area (Å²) in [6.45, 7) is 5.18. The predicted octanol–water partition coefficient (Wildman–Crippen LogP) is 2.33. The van der Waals surface area contributed by atoms with Crippen LogP contribution >= 0.6 is 0 Å². The fourth-order valence-corrected chi connectivity index (χ4v) is 5.22. The highest BCUT2D eigenvalue weighted by atomic mass is 19.1. The Morgan fingerprint density at radius 2 is 1.85 bits per heavy atom. The van der Waals surface area contributed by atoms with Crippen molar-refractivity contribution in [2.45, 2.75) is 57.0 Å². The van der Waals surface area contributed by atoms with Crippen LogP contribution in [-0.4, -0.2) is 66.8 Å². The monoisotopic (exact) mass is 461 g/mol. The topological polar surface area (TPSA) is 99.2 Å². The second-order valence-corrected chi connectivity index (χ2v) is 10.2. The molecule has 0 atom stereocenters. The molecule has 180 valence electrons. The zero-order valence-corrected chi connectivity index (χ0v) is 19.4. The largest absolute Gasteiger partial charge is 0.469 e. The molecule has 1 aromatic carbocycles. The van der Waals surface area contributed by atoms with Crippen molar-refractivity contribution in [2.75, 3.05) is 38.2 Å². The molecular weight excluding hydrogens is 429 g/mol. The average molecular weight is 462 g/mol. The number of carbonyl (C=O) groups is 3. The standard InChI is InChI=1S/C24H32FN3O5/c1-22(2)17-6-5-16(25)13-18(17)28(19(22)29)21(31)26-14-24(32)9-11-27(12-10-24)15-23(7-4-8-23)20(30)33-3/h5-6,13,32H,4,7-12,14-15H2,1-3H3,(H,26,31). The van der Waals surface area contributed by atoms with Crippen LogP contribution in [0.25, 0.3) is 0 Å². The van der Waals surface area contributed by atoms with Gasteiger partial charge in [0.25, 0.3) is 0 Å². The number of aliphatic hydroxyl groups is 1. The molecule has 2 aliphatic heterocycles. The minimum Gasteiger partial charge on any atom is -0.469 e. The number of benzene rings is 1. The van der Waals surface area contributed by atoms with Crippen LogP contribution in [0.5, 0.6) is 0 Å². The lowest BCUT2D eigenvalue weighted by Gasteiger charge is -2.45. The zero-order valence-electron chi connectivity index (χ0n) is 19.4. The molecule has 1 saturated heterocycles. The van der Waals surface area contributed by atoms with Crippen LogP contribution in [-0.2, 0) is 19.7 Å². The van der Waals surface area contributed by atoms with Crippen LogP contribution in [0.2, 0.25) is 0 Å². The third-order valence-electron chi connectivity index (χ3n) is 7.63. The Bertz CT molecular complexity index is 967. The summed E-state index contributed by atoms with van der Waals surface area (Å²) in [4.78, 5) is 41.1. The van der Waals surface area contributed by atoms with Crippen molar-refractivity contribution in [1.29, 1.82) is 0 Å². The number of hydrogen-bond donors (Lipinski definition) is 2.